The van der Waals surface area contributed by atoms with Gasteiger partial charge < -0.3 is 9.64 Å². The van der Waals surface area contributed by atoms with E-state index in [2.05, 4.69) is 45.6 Å². The van der Waals surface area contributed by atoms with Crippen LogP contribution in [0.4, 0.5) is 0 Å². The van der Waals surface area contributed by atoms with Crippen LogP contribution in [0.15, 0.2) is 11.6 Å². The number of rotatable bonds is 2. The first-order valence-electron chi connectivity index (χ1n) is 11.3. The van der Waals surface area contributed by atoms with Gasteiger partial charge >= 0.3 is 5.97 Å². The third-order valence-corrected chi connectivity index (χ3v) is 8.03. The Balaban J connectivity index is 1.54. The lowest BCUT2D eigenvalue weighted by Gasteiger charge is -2.46. The Kier molecular flexibility index (Phi) is 4.98. The van der Waals surface area contributed by atoms with Crippen LogP contribution in [0, 0.1) is 34.5 Å². The number of hydrogen-bond donors (Lipinski definition) is 0. The molecule has 4 rings (SSSR count). The van der Waals surface area contributed by atoms with Crippen molar-refractivity contribution in [3.63, 3.8) is 0 Å². The molecule has 3 fully saturated rings. The largest absolute Gasteiger partial charge is 0.461 e. The van der Waals surface area contributed by atoms with Crippen LogP contribution in [-0.4, -0.2) is 36.6 Å². The van der Waals surface area contributed by atoms with Crippen molar-refractivity contribution in [1.29, 1.82) is 0 Å². The summed E-state index contributed by atoms with van der Waals surface area (Å²) in [5, 5.41) is 0. The van der Waals surface area contributed by atoms with E-state index in [1.807, 2.05) is 0 Å². The minimum absolute atomic E-state index is 0.0328. The third-order valence-electron chi connectivity index (χ3n) is 8.03. The lowest BCUT2D eigenvalue weighted by Crippen LogP contribution is -2.42. The number of allylic oxidation sites excluding steroid dienone is 1. The van der Waals surface area contributed by atoms with E-state index in [0.29, 0.717) is 17.3 Å². The molecule has 1 saturated carbocycles. The number of carbonyl (C=O) groups excluding carboxylic acids is 1. The van der Waals surface area contributed by atoms with Gasteiger partial charge in [-0.3, -0.25) is 4.79 Å². The summed E-state index contributed by atoms with van der Waals surface area (Å²) in [7, 11) is 0. The van der Waals surface area contributed by atoms with E-state index in [4.69, 9.17) is 4.74 Å². The molecule has 0 N–H and O–H groups in total. The summed E-state index contributed by atoms with van der Waals surface area (Å²) in [5.41, 5.74) is 2.22. The third kappa shape index (κ3) is 3.73. The van der Waals surface area contributed by atoms with E-state index in [0.717, 1.165) is 32.0 Å². The Morgan fingerprint density at radius 3 is 2.74 bits per heavy atom. The van der Waals surface area contributed by atoms with Gasteiger partial charge in [0.25, 0.3) is 0 Å². The molecule has 2 saturated heterocycles. The molecule has 0 bridgehead atoms. The second-order valence-electron chi connectivity index (χ2n) is 11.3. The number of ether oxygens (including phenoxy) is 1. The molecule has 2 aliphatic heterocycles. The number of likely N-dealkylation sites (tertiary alicyclic amines) is 1. The molecule has 0 amide bonds. The Morgan fingerprint density at radius 2 is 1.96 bits per heavy atom. The average molecular weight is 374 g/mol. The maximum Gasteiger partial charge on any atom is 0.311 e. The highest BCUT2D eigenvalue weighted by Crippen LogP contribution is 2.54. The SMILES string of the molecule is C[C@@H]1CCN(C[C@@H]2C(=O)O[C@@H]3C[C@@]4(C)CCC[C@H](C)C4=C[C@H]23)CC(C)(C)C1. The topological polar surface area (TPSA) is 29.5 Å². The summed E-state index contributed by atoms with van der Waals surface area (Å²) in [4.78, 5) is 15.4. The van der Waals surface area contributed by atoms with Gasteiger partial charge in [0.1, 0.15) is 6.10 Å². The van der Waals surface area contributed by atoms with Crippen molar-refractivity contribution < 1.29 is 9.53 Å². The number of nitrogens with zero attached hydrogens (tertiary/aromatic N) is 1. The van der Waals surface area contributed by atoms with Crippen molar-refractivity contribution in [3.8, 4) is 0 Å². The zero-order chi connectivity index (χ0) is 19.4. The lowest BCUT2D eigenvalue weighted by molar-refractivity contribution is -0.145. The van der Waals surface area contributed by atoms with Gasteiger partial charge in [-0.2, -0.15) is 0 Å². The summed E-state index contributed by atoms with van der Waals surface area (Å²) < 4.78 is 5.96. The number of fused-ring (bicyclic) bond motifs is 2. The fraction of sp³-hybridized carbons (Fsp3) is 0.875. The molecular weight excluding hydrogens is 334 g/mol. The molecule has 2 aliphatic carbocycles. The fourth-order valence-corrected chi connectivity index (χ4v) is 6.89. The molecule has 4 aliphatic rings. The smallest absolute Gasteiger partial charge is 0.311 e. The summed E-state index contributed by atoms with van der Waals surface area (Å²) in [6, 6.07) is 0. The molecule has 0 spiro atoms. The minimum Gasteiger partial charge on any atom is -0.461 e. The second-order valence-corrected chi connectivity index (χ2v) is 11.3. The highest BCUT2D eigenvalue weighted by molar-refractivity contribution is 5.76. The first-order chi connectivity index (χ1) is 12.7. The zero-order valence-corrected chi connectivity index (χ0v) is 18.1. The van der Waals surface area contributed by atoms with Crippen LogP contribution in [-0.2, 0) is 9.53 Å². The minimum atomic E-state index is 0.0328. The van der Waals surface area contributed by atoms with Crippen LogP contribution < -0.4 is 0 Å². The van der Waals surface area contributed by atoms with E-state index in [9.17, 15) is 4.79 Å². The van der Waals surface area contributed by atoms with Gasteiger partial charge in [-0.05, 0) is 61.3 Å². The summed E-state index contributed by atoms with van der Waals surface area (Å²) >= 11 is 0. The normalized spacial score (nSPS) is 44.7. The molecule has 2 heterocycles. The van der Waals surface area contributed by atoms with Crippen LogP contribution in [0.2, 0.25) is 0 Å². The quantitative estimate of drug-likeness (QED) is 0.500. The van der Waals surface area contributed by atoms with Crippen molar-refractivity contribution >= 4 is 5.97 Å². The molecule has 3 heteroatoms. The predicted molar refractivity (Wildman–Crippen MR) is 109 cm³/mol. The van der Waals surface area contributed by atoms with Gasteiger partial charge in [0, 0.05) is 19.0 Å². The standard InChI is InChI=1S/C24H39NO2/c1-16-8-10-25(15-23(3,4)12-16)14-19-18-11-20-17(2)7-6-9-24(20,5)13-21(18)27-22(19)26/h11,16-19,21H,6-10,12-15H2,1-5H3/t16-,17+,18-,19+,21-,24-/m1/s1. The van der Waals surface area contributed by atoms with Crippen LogP contribution in [0.3, 0.4) is 0 Å². The first-order valence-corrected chi connectivity index (χ1v) is 11.3. The molecule has 152 valence electrons. The predicted octanol–water partition coefficient (Wildman–Crippen LogP) is 5.06. The first kappa shape index (κ1) is 19.5. The van der Waals surface area contributed by atoms with Crippen LogP contribution in [0.25, 0.3) is 0 Å². The van der Waals surface area contributed by atoms with E-state index >= 15 is 0 Å². The maximum atomic E-state index is 12.8. The molecule has 0 aromatic rings. The van der Waals surface area contributed by atoms with Gasteiger partial charge in [0.2, 0.25) is 0 Å². The Morgan fingerprint density at radius 1 is 1.19 bits per heavy atom. The maximum absolute atomic E-state index is 12.8. The Bertz CT molecular complexity index is 624. The highest BCUT2D eigenvalue weighted by Gasteiger charge is 2.52. The fourth-order valence-electron chi connectivity index (χ4n) is 6.89. The zero-order valence-electron chi connectivity index (χ0n) is 18.1. The van der Waals surface area contributed by atoms with E-state index < -0.39 is 0 Å². The lowest BCUT2D eigenvalue weighted by atomic mass is 9.59. The Hall–Kier alpha value is -0.830. The molecule has 3 nitrogen and oxygen atoms in total. The summed E-state index contributed by atoms with van der Waals surface area (Å²) in [5.74, 6) is 1.83. The molecule has 0 radical (unpaired) electrons. The summed E-state index contributed by atoms with van der Waals surface area (Å²) in [6.45, 7) is 15.0. The van der Waals surface area contributed by atoms with Crippen molar-refractivity contribution in [2.75, 3.05) is 19.6 Å². The molecule has 0 unspecified atom stereocenters. The summed E-state index contributed by atoms with van der Waals surface area (Å²) in [6.07, 6.45) is 10.0. The second kappa shape index (κ2) is 6.90. The number of esters is 1. The molecule has 0 aromatic heterocycles. The average Bonchev–Trinajstić information content (AvgIpc) is 2.76. The van der Waals surface area contributed by atoms with Crippen LogP contribution in [0.5, 0.6) is 0 Å². The number of hydrogen-bond acceptors (Lipinski definition) is 3. The van der Waals surface area contributed by atoms with Crippen molar-refractivity contribution in [2.24, 2.45) is 34.5 Å². The van der Waals surface area contributed by atoms with Gasteiger partial charge in [0.05, 0.1) is 5.92 Å². The van der Waals surface area contributed by atoms with Crippen molar-refractivity contribution in [1.82, 2.24) is 4.90 Å². The van der Waals surface area contributed by atoms with Gasteiger partial charge in [-0.1, -0.05) is 52.7 Å². The van der Waals surface area contributed by atoms with E-state index in [1.54, 1.807) is 5.57 Å². The van der Waals surface area contributed by atoms with E-state index in [1.165, 1.54) is 32.1 Å². The van der Waals surface area contributed by atoms with Crippen LogP contribution in [0.1, 0.15) is 73.1 Å². The van der Waals surface area contributed by atoms with Gasteiger partial charge in [-0.15, -0.1) is 0 Å². The monoisotopic (exact) mass is 373 g/mol. The highest BCUT2D eigenvalue weighted by atomic mass is 16.6. The van der Waals surface area contributed by atoms with E-state index in [-0.39, 0.29) is 23.4 Å². The molecular formula is C24H39NO2. The Labute approximate surface area is 165 Å². The molecule has 6 atom stereocenters. The van der Waals surface area contributed by atoms with Crippen LogP contribution >= 0.6 is 0 Å². The number of carbonyl (C=O) groups is 1. The van der Waals surface area contributed by atoms with Crippen molar-refractivity contribution in [2.45, 2.75) is 79.2 Å². The van der Waals surface area contributed by atoms with Gasteiger partial charge in [-0.25, -0.2) is 0 Å². The molecule has 0 aromatic carbocycles. The molecule has 27 heavy (non-hydrogen) atoms. The van der Waals surface area contributed by atoms with Gasteiger partial charge in [0.15, 0.2) is 0 Å². The van der Waals surface area contributed by atoms with Crippen molar-refractivity contribution in [3.05, 3.63) is 11.6 Å².